The third kappa shape index (κ3) is 6.15. The SMILES string of the molecule is CC(=O)NC(CC(=O)N1CCN(Cc2ccccc2C)CC1)c1ccc(Br)cc1. The zero-order chi connectivity index (χ0) is 20.8. The molecule has 154 valence electrons. The number of hydrogen-bond acceptors (Lipinski definition) is 3. The largest absolute Gasteiger partial charge is 0.349 e. The molecule has 6 heteroatoms. The average molecular weight is 458 g/mol. The molecular weight excluding hydrogens is 430 g/mol. The number of amides is 2. The van der Waals surface area contributed by atoms with Crippen molar-refractivity contribution in [1.82, 2.24) is 15.1 Å². The van der Waals surface area contributed by atoms with Crippen molar-refractivity contribution in [3.8, 4) is 0 Å². The summed E-state index contributed by atoms with van der Waals surface area (Å²) < 4.78 is 0.971. The smallest absolute Gasteiger partial charge is 0.225 e. The van der Waals surface area contributed by atoms with E-state index in [1.807, 2.05) is 29.2 Å². The molecule has 0 bridgehead atoms. The van der Waals surface area contributed by atoms with E-state index >= 15 is 0 Å². The monoisotopic (exact) mass is 457 g/mol. The van der Waals surface area contributed by atoms with E-state index in [0.29, 0.717) is 0 Å². The van der Waals surface area contributed by atoms with Crippen molar-refractivity contribution in [1.29, 1.82) is 0 Å². The molecule has 1 N–H and O–H groups in total. The van der Waals surface area contributed by atoms with Gasteiger partial charge in [0.1, 0.15) is 0 Å². The van der Waals surface area contributed by atoms with Crippen LogP contribution in [0.3, 0.4) is 0 Å². The zero-order valence-corrected chi connectivity index (χ0v) is 18.6. The van der Waals surface area contributed by atoms with Gasteiger partial charge in [0.2, 0.25) is 11.8 Å². The molecule has 0 saturated carbocycles. The summed E-state index contributed by atoms with van der Waals surface area (Å²) in [6.07, 6.45) is 0.277. The first-order valence-corrected chi connectivity index (χ1v) is 10.8. The molecule has 1 unspecified atom stereocenters. The first kappa shape index (κ1) is 21.5. The summed E-state index contributed by atoms with van der Waals surface area (Å²) in [5, 5.41) is 2.92. The van der Waals surface area contributed by atoms with Crippen LogP contribution in [0.4, 0.5) is 0 Å². The molecule has 0 radical (unpaired) electrons. The van der Waals surface area contributed by atoms with Gasteiger partial charge in [-0.05, 0) is 35.7 Å². The highest BCUT2D eigenvalue weighted by Gasteiger charge is 2.25. The Labute approximate surface area is 181 Å². The van der Waals surface area contributed by atoms with E-state index in [-0.39, 0.29) is 24.3 Å². The van der Waals surface area contributed by atoms with Crippen LogP contribution in [0.25, 0.3) is 0 Å². The summed E-state index contributed by atoms with van der Waals surface area (Å²) in [7, 11) is 0. The fraction of sp³-hybridized carbons (Fsp3) is 0.391. The molecule has 0 aliphatic carbocycles. The minimum absolute atomic E-state index is 0.0854. The summed E-state index contributed by atoms with van der Waals surface area (Å²) in [5.41, 5.74) is 3.59. The van der Waals surface area contributed by atoms with Gasteiger partial charge >= 0.3 is 0 Å². The van der Waals surface area contributed by atoms with Crippen molar-refractivity contribution in [2.75, 3.05) is 26.2 Å². The summed E-state index contributed by atoms with van der Waals surface area (Å²) in [6, 6.07) is 15.9. The maximum atomic E-state index is 12.9. The standard InChI is InChI=1S/C23H28BrN3O2/c1-17-5-3-4-6-20(17)16-26-11-13-27(14-12-26)23(29)15-22(25-18(2)28)19-7-9-21(24)10-8-19/h3-10,22H,11-16H2,1-2H3,(H,25,28). The number of piperazine rings is 1. The van der Waals surface area contributed by atoms with Gasteiger partial charge in [0.25, 0.3) is 0 Å². The van der Waals surface area contributed by atoms with Gasteiger partial charge < -0.3 is 10.2 Å². The van der Waals surface area contributed by atoms with Gasteiger partial charge in [-0.1, -0.05) is 52.3 Å². The van der Waals surface area contributed by atoms with Crippen molar-refractivity contribution in [3.05, 3.63) is 69.7 Å². The molecule has 1 fully saturated rings. The molecule has 2 amide bonds. The number of carbonyl (C=O) groups excluding carboxylic acids is 2. The Hall–Kier alpha value is -2.18. The van der Waals surface area contributed by atoms with E-state index in [1.165, 1.54) is 18.1 Å². The predicted molar refractivity (Wildman–Crippen MR) is 118 cm³/mol. The Morgan fingerprint density at radius 3 is 2.31 bits per heavy atom. The first-order valence-electron chi connectivity index (χ1n) is 9.99. The zero-order valence-electron chi connectivity index (χ0n) is 17.0. The van der Waals surface area contributed by atoms with E-state index in [4.69, 9.17) is 0 Å². The van der Waals surface area contributed by atoms with Gasteiger partial charge in [-0.2, -0.15) is 0 Å². The van der Waals surface area contributed by atoms with Crippen LogP contribution in [0.15, 0.2) is 53.0 Å². The van der Waals surface area contributed by atoms with Crippen molar-refractivity contribution in [3.63, 3.8) is 0 Å². The Morgan fingerprint density at radius 2 is 1.69 bits per heavy atom. The van der Waals surface area contributed by atoms with Crippen LogP contribution in [0.2, 0.25) is 0 Å². The van der Waals surface area contributed by atoms with Crippen LogP contribution >= 0.6 is 15.9 Å². The molecule has 2 aromatic carbocycles. The fourth-order valence-electron chi connectivity index (χ4n) is 3.68. The lowest BCUT2D eigenvalue weighted by Gasteiger charge is -2.35. The third-order valence-electron chi connectivity index (χ3n) is 5.41. The van der Waals surface area contributed by atoms with E-state index in [0.717, 1.165) is 42.8 Å². The maximum absolute atomic E-state index is 12.9. The molecule has 1 aliphatic heterocycles. The van der Waals surface area contributed by atoms with Gasteiger partial charge in [0.15, 0.2) is 0 Å². The molecule has 1 atom stereocenters. The number of nitrogens with zero attached hydrogens (tertiary/aromatic N) is 2. The number of carbonyl (C=O) groups is 2. The number of halogens is 1. The van der Waals surface area contributed by atoms with Gasteiger partial charge in [-0.25, -0.2) is 0 Å². The van der Waals surface area contributed by atoms with E-state index in [2.05, 4.69) is 57.3 Å². The second-order valence-electron chi connectivity index (χ2n) is 7.59. The van der Waals surface area contributed by atoms with E-state index in [1.54, 1.807) is 0 Å². The average Bonchev–Trinajstić information content (AvgIpc) is 2.70. The maximum Gasteiger partial charge on any atom is 0.225 e. The minimum Gasteiger partial charge on any atom is -0.349 e. The highest BCUT2D eigenvalue weighted by molar-refractivity contribution is 9.10. The van der Waals surface area contributed by atoms with Crippen molar-refractivity contribution >= 4 is 27.7 Å². The lowest BCUT2D eigenvalue weighted by atomic mass is 10.0. The Kier molecular flexibility index (Phi) is 7.45. The van der Waals surface area contributed by atoms with Crippen LogP contribution < -0.4 is 5.32 Å². The molecule has 1 heterocycles. The van der Waals surface area contributed by atoms with Gasteiger partial charge in [-0.15, -0.1) is 0 Å². The molecule has 1 aliphatic rings. The summed E-state index contributed by atoms with van der Waals surface area (Å²) in [6.45, 7) is 7.71. The Morgan fingerprint density at radius 1 is 1.03 bits per heavy atom. The highest BCUT2D eigenvalue weighted by atomic mass is 79.9. The van der Waals surface area contributed by atoms with Gasteiger partial charge in [-0.3, -0.25) is 14.5 Å². The number of nitrogens with one attached hydrogen (secondary N) is 1. The van der Waals surface area contributed by atoms with Crippen LogP contribution in [0, 0.1) is 6.92 Å². The molecule has 2 aromatic rings. The topological polar surface area (TPSA) is 52.7 Å². The summed E-state index contributed by atoms with van der Waals surface area (Å²) in [5.74, 6) is -0.0454. The normalized spacial score (nSPS) is 15.8. The second kappa shape index (κ2) is 10.0. The Bertz CT molecular complexity index is 845. The minimum atomic E-state index is -0.307. The first-order chi connectivity index (χ1) is 13.9. The lowest BCUT2D eigenvalue weighted by Crippen LogP contribution is -2.49. The number of rotatable bonds is 6. The number of benzene rings is 2. The molecule has 0 spiro atoms. The number of hydrogen-bond donors (Lipinski definition) is 1. The van der Waals surface area contributed by atoms with Gasteiger partial charge in [0.05, 0.1) is 12.5 Å². The fourth-order valence-corrected chi connectivity index (χ4v) is 3.94. The van der Waals surface area contributed by atoms with Crippen LogP contribution in [-0.4, -0.2) is 47.8 Å². The summed E-state index contributed by atoms with van der Waals surface area (Å²) in [4.78, 5) is 28.9. The quantitative estimate of drug-likeness (QED) is 0.719. The molecular formula is C23H28BrN3O2. The van der Waals surface area contributed by atoms with Crippen LogP contribution in [-0.2, 0) is 16.1 Å². The highest BCUT2D eigenvalue weighted by Crippen LogP contribution is 2.21. The lowest BCUT2D eigenvalue weighted by molar-refractivity contribution is -0.133. The third-order valence-corrected chi connectivity index (χ3v) is 5.94. The Balaban J connectivity index is 1.56. The molecule has 0 aromatic heterocycles. The van der Waals surface area contributed by atoms with Crippen molar-refractivity contribution in [2.24, 2.45) is 0 Å². The molecule has 3 rings (SSSR count). The molecule has 5 nitrogen and oxygen atoms in total. The van der Waals surface area contributed by atoms with E-state index < -0.39 is 0 Å². The van der Waals surface area contributed by atoms with Crippen LogP contribution in [0.1, 0.15) is 36.1 Å². The summed E-state index contributed by atoms with van der Waals surface area (Å²) >= 11 is 3.43. The van der Waals surface area contributed by atoms with E-state index in [9.17, 15) is 9.59 Å². The van der Waals surface area contributed by atoms with Crippen molar-refractivity contribution < 1.29 is 9.59 Å². The number of aryl methyl sites for hydroxylation is 1. The van der Waals surface area contributed by atoms with Crippen molar-refractivity contribution in [2.45, 2.75) is 32.9 Å². The predicted octanol–water partition coefficient (Wildman–Crippen LogP) is 3.67. The second-order valence-corrected chi connectivity index (χ2v) is 8.51. The van der Waals surface area contributed by atoms with Crippen LogP contribution in [0.5, 0.6) is 0 Å². The molecule has 1 saturated heterocycles. The van der Waals surface area contributed by atoms with Gasteiger partial charge in [0, 0.05) is 44.1 Å². The molecule has 29 heavy (non-hydrogen) atoms.